The van der Waals surface area contributed by atoms with Gasteiger partial charge < -0.3 is 21.1 Å². The number of hydrogen-bond acceptors (Lipinski definition) is 4. The fourth-order valence-electron chi connectivity index (χ4n) is 4.69. The van der Waals surface area contributed by atoms with Crippen LogP contribution >= 0.6 is 0 Å². The Balaban J connectivity index is 1.36. The van der Waals surface area contributed by atoms with Gasteiger partial charge in [0.05, 0.1) is 5.92 Å². The molecule has 0 heterocycles. The van der Waals surface area contributed by atoms with E-state index < -0.39 is 6.36 Å². The Morgan fingerprint density at radius 2 is 1.78 bits per heavy atom. The number of hydrogen-bond donors (Lipinski definition) is 3. The average Bonchev–Trinajstić information content (AvgIpc) is 2.73. The van der Waals surface area contributed by atoms with Gasteiger partial charge in [-0.25, -0.2) is 0 Å². The highest BCUT2D eigenvalue weighted by Crippen LogP contribution is 2.29. The average molecular weight is 456 g/mol. The second-order valence-electron chi connectivity index (χ2n) is 8.96. The molecule has 1 aromatic carbocycles. The van der Waals surface area contributed by atoms with Gasteiger partial charge in [-0.1, -0.05) is 25.0 Å². The smallest absolute Gasteiger partial charge is 0.406 e. The van der Waals surface area contributed by atoms with Crippen molar-refractivity contribution in [2.45, 2.75) is 82.8 Å². The number of nitrogens with one attached hydrogen (secondary N) is 2. The summed E-state index contributed by atoms with van der Waals surface area (Å²) in [6, 6.07) is 5.66. The molecule has 2 aliphatic rings. The number of nitrogens with two attached hydrogens (primary N) is 1. The van der Waals surface area contributed by atoms with Crippen LogP contribution in [-0.2, 0) is 16.1 Å². The minimum atomic E-state index is -4.75. The van der Waals surface area contributed by atoms with Gasteiger partial charge in [-0.3, -0.25) is 9.59 Å². The molecule has 32 heavy (non-hydrogen) atoms. The van der Waals surface area contributed by atoms with Crippen LogP contribution < -0.4 is 21.1 Å². The van der Waals surface area contributed by atoms with Crippen LogP contribution in [0.15, 0.2) is 24.3 Å². The number of ether oxygens (including phenoxy) is 1. The van der Waals surface area contributed by atoms with Crippen LogP contribution in [0.5, 0.6) is 5.75 Å². The second kappa shape index (κ2) is 11.0. The molecule has 178 valence electrons. The van der Waals surface area contributed by atoms with Crippen molar-refractivity contribution in [1.29, 1.82) is 0 Å². The van der Waals surface area contributed by atoms with Gasteiger partial charge in [0.25, 0.3) is 0 Å². The lowest BCUT2D eigenvalue weighted by molar-refractivity contribution is -0.274. The van der Waals surface area contributed by atoms with Crippen molar-refractivity contribution < 1.29 is 27.5 Å². The summed E-state index contributed by atoms with van der Waals surface area (Å²) in [5.74, 6) is -0.228. The zero-order chi connectivity index (χ0) is 23.1. The summed E-state index contributed by atoms with van der Waals surface area (Å²) in [4.78, 5) is 24.8. The van der Waals surface area contributed by atoms with Crippen molar-refractivity contribution in [3.63, 3.8) is 0 Å². The SMILES string of the molecule is N[C@H]1CCCC[C@H]1C(=O)NC1CCC(CC(=O)NCc2cccc(OC(F)(F)F)c2)CC1. The van der Waals surface area contributed by atoms with Crippen molar-refractivity contribution in [2.24, 2.45) is 17.6 Å². The van der Waals surface area contributed by atoms with Gasteiger partial charge in [-0.2, -0.15) is 0 Å². The summed E-state index contributed by atoms with van der Waals surface area (Å²) >= 11 is 0. The molecular formula is C23H32F3N3O3. The molecule has 2 fully saturated rings. The molecule has 3 rings (SSSR count). The van der Waals surface area contributed by atoms with E-state index in [1.807, 2.05) is 0 Å². The van der Waals surface area contributed by atoms with E-state index in [4.69, 9.17) is 5.73 Å². The van der Waals surface area contributed by atoms with E-state index in [1.54, 1.807) is 6.07 Å². The summed E-state index contributed by atoms with van der Waals surface area (Å²) in [5.41, 5.74) is 6.64. The minimum absolute atomic E-state index is 0.0514. The molecule has 9 heteroatoms. The zero-order valence-electron chi connectivity index (χ0n) is 18.1. The van der Waals surface area contributed by atoms with Crippen LogP contribution in [0.25, 0.3) is 0 Å². The van der Waals surface area contributed by atoms with Crippen molar-refractivity contribution in [3.05, 3.63) is 29.8 Å². The number of carbonyl (C=O) groups is 2. The summed E-state index contributed by atoms with van der Waals surface area (Å²) in [7, 11) is 0. The standard InChI is InChI=1S/C23H32F3N3O3/c24-23(25,26)32-18-5-3-4-16(12-18)14-28-21(30)13-15-8-10-17(11-9-15)29-22(31)19-6-1-2-7-20(19)27/h3-5,12,15,17,19-20H,1-2,6-11,13-14,27H2,(H,28,30)(H,29,31)/t15?,17?,19-,20+/m1/s1. The number of halogens is 3. The highest BCUT2D eigenvalue weighted by molar-refractivity contribution is 5.79. The Morgan fingerprint density at radius 3 is 2.47 bits per heavy atom. The third-order valence-electron chi connectivity index (χ3n) is 6.45. The molecule has 0 saturated heterocycles. The first-order chi connectivity index (χ1) is 15.2. The largest absolute Gasteiger partial charge is 0.573 e. The topological polar surface area (TPSA) is 93.5 Å². The summed E-state index contributed by atoms with van der Waals surface area (Å²) in [5, 5.41) is 5.92. The molecule has 0 unspecified atom stereocenters. The molecule has 0 spiro atoms. The van der Waals surface area contributed by atoms with E-state index in [9.17, 15) is 22.8 Å². The predicted octanol–water partition coefficient (Wildman–Crippen LogP) is 3.78. The highest BCUT2D eigenvalue weighted by atomic mass is 19.4. The summed E-state index contributed by atoms with van der Waals surface area (Å²) in [6.45, 7) is 0.140. The van der Waals surface area contributed by atoms with Crippen molar-refractivity contribution >= 4 is 11.8 Å². The van der Waals surface area contributed by atoms with E-state index in [1.165, 1.54) is 18.2 Å². The van der Waals surface area contributed by atoms with Gasteiger partial charge in [0, 0.05) is 25.0 Å². The number of carbonyl (C=O) groups excluding carboxylic acids is 2. The molecular weight excluding hydrogens is 423 g/mol. The maximum Gasteiger partial charge on any atom is 0.573 e. The lowest BCUT2D eigenvalue weighted by Crippen LogP contribution is -2.47. The molecule has 2 atom stereocenters. The Kier molecular flexibility index (Phi) is 8.39. The van der Waals surface area contributed by atoms with Gasteiger partial charge >= 0.3 is 6.36 Å². The maximum atomic E-state index is 12.5. The number of rotatable bonds is 7. The van der Waals surface area contributed by atoms with E-state index in [0.29, 0.717) is 12.0 Å². The Hall–Kier alpha value is -2.29. The number of amides is 2. The normalized spacial score (nSPS) is 26.2. The highest BCUT2D eigenvalue weighted by Gasteiger charge is 2.32. The third kappa shape index (κ3) is 7.69. The predicted molar refractivity (Wildman–Crippen MR) is 113 cm³/mol. The van der Waals surface area contributed by atoms with Crippen LogP contribution in [0.3, 0.4) is 0 Å². The van der Waals surface area contributed by atoms with Crippen LogP contribution in [0.4, 0.5) is 13.2 Å². The summed E-state index contributed by atoms with van der Waals surface area (Å²) < 4.78 is 40.9. The van der Waals surface area contributed by atoms with E-state index in [2.05, 4.69) is 15.4 Å². The van der Waals surface area contributed by atoms with Crippen molar-refractivity contribution in [2.75, 3.05) is 0 Å². The van der Waals surface area contributed by atoms with E-state index in [-0.39, 0.29) is 48.0 Å². The molecule has 2 aliphatic carbocycles. The molecule has 0 aliphatic heterocycles. The van der Waals surface area contributed by atoms with Gasteiger partial charge in [0.15, 0.2) is 0 Å². The van der Waals surface area contributed by atoms with Gasteiger partial charge in [0.1, 0.15) is 5.75 Å². The molecule has 1 aromatic rings. The number of benzene rings is 1. The van der Waals surface area contributed by atoms with Crippen molar-refractivity contribution in [3.8, 4) is 5.75 Å². The van der Waals surface area contributed by atoms with E-state index in [0.717, 1.165) is 51.4 Å². The second-order valence-corrected chi connectivity index (χ2v) is 8.96. The first kappa shape index (κ1) is 24.4. The lowest BCUT2D eigenvalue weighted by Gasteiger charge is -2.32. The van der Waals surface area contributed by atoms with Crippen LogP contribution in [0.1, 0.15) is 63.4 Å². The molecule has 2 saturated carbocycles. The first-order valence-corrected chi connectivity index (χ1v) is 11.4. The molecule has 2 amide bonds. The van der Waals surface area contributed by atoms with Crippen LogP contribution in [-0.4, -0.2) is 30.3 Å². The molecule has 0 aromatic heterocycles. The Bertz CT molecular complexity index is 779. The van der Waals surface area contributed by atoms with Gasteiger partial charge in [-0.15, -0.1) is 13.2 Å². The van der Waals surface area contributed by atoms with Gasteiger partial charge in [0.2, 0.25) is 11.8 Å². The summed E-state index contributed by atoms with van der Waals surface area (Å²) in [6.07, 6.45) is 2.89. The maximum absolute atomic E-state index is 12.5. The molecule has 0 bridgehead atoms. The van der Waals surface area contributed by atoms with Crippen molar-refractivity contribution in [1.82, 2.24) is 10.6 Å². The molecule has 0 radical (unpaired) electrons. The monoisotopic (exact) mass is 455 g/mol. The minimum Gasteiger partial charge on any atom is -0.406 e. The fraction of sp³-hybridized carbons (Fsp3) is 0.652. The van der Waals surface area contributed by atoms with Gasteiger partial charge in [-0.05, 0) is 62.1 Å². The lowest BCUT2D eigenvalue weighted by atomic mass is 9.82. The van der Waals surface area contributed by atoms with Crippen LogP contribution in [0, 0.1) is 11.8 Å². The Labute approximate surface area is 186 Å². The van der Waals surface area contributed by atoms with E-state index >= 15 is 0 Å². The number of alkyl halides is 3. The third-order valence-corrected chi connectivity index (χ3v) is 6.45. The quantitative estimate of drug-likeness (QED) is 0.583. The first-order valence-electron chi connectivity index (χ1n) is 11.4. The fourth-order valence-corrected chi connectivity index (χ4v) is 4.69. The molecule has 4 N–H and O–H groups in total. The zero-order valence-corrected chi connectivity index (χ0v) is 18.1. The molecule has 6 nitrogen and oxygen atoms in total. The van der Waals surface area contributed by atoms with Crippen LogP contribution in [0.2, 0.25) is 0 Å². The Morgan fingerprint density at radius 1 is 1.06 bits per heavy atom.